The fraction of sp³-hybridized carbons (Fsp3) is 0.889. The van der Waals surface area contributed by atoms with Crippen molar-refractivity contribution in [2.75, 3.05) is 13.1 Å². The van der Waals surface area contributed by atoms with E-state index in [1.54, 1.807) is 0 Å². The summed E-state index contributed by atoms with van der Waals surface area (Å²) in [5.74, 6) is 0.0167. The van der Waals surface area contributed by atoms with Crippen molar-refractivity contribution in [2.45, 2.75) is 25.7 Å². The SMILES string of the molecule is O=C(O)C12CCCC(CNC1)C2. The maximum absolute atomic E-state index is 11.0. The van der Waals surface area contributed by atoms with Crippen LogP contribution in [0.1, 0.15) is 25.7 Å². The van der Waals surface area contributed by atoms with E-state index in [-0.39, 0.29) is 0 Å². The summed E-state index contributed by atoms with van der Waals surface area (Å²) in [4.78, 5) is 11.0. The van der Waals surface area contributed by atoms with E-state index in [1.807, 2.05) is 0 Å². The fourth-order valence-electron chi connectivity index (χ4n) is 2.61. The van der Waals surface area contributed by atoms with Crippen molar-refractivity contribution in [3.63, 3.8) is 0 Å². The van der Waals surface area contributed by atoms with E-state index >= 15 is 0 Å². The van der Waals surface area contributed by atoms with Crippen molar-refractivity contribution in [3.05, 3.63) is 0 Å². The third-order valence-electron chi connectivity index (χ3n) is 3.30. The van der Waals surface area contributed by atoms with Crippen molar-refractivity contribution in [1.82, 2.24) is 5.32 Å². The molecule has 1 saturated carbocycles. The second-order valence-corrected chi connectivity index (χ2v) is 4.18. The second kappa shape index (κ2) is 2.73. The minimum Gasteiger partial charge on any atom is -0.481 e. The molecular formula is C9H15NO2. The van der Waals surface area contributed by atoms with E-state index in [0.29, 0.717) is 12.5 Å². The van der Waals surface area contributed by atoms with Crippen molar-refractivity contribution in [3.8, 4) is 0 Å². The summed E-state index contributed by atoms with van der Waals surface area (Å²) in [7, 11) is 0. The van der Waals surface area contributed by atoms with Gasteiger partial charge in [-0.1, -0.05) is 6.42 Å². The Bertz CT molecular complexity index is 193. The lowest BCUT2D eigenvalue weighted by Crippen LogP contribution is -2.51. The molecule has 3 heteroatoms. The van der Waals surface area contributed by atoms with Gasteiger partial charge in [-0.3, -0.25) is 4.79 Å². The van der Waals surface area contributed by atoms with Crippen LogP contribution in [0.25, 0.3) is 0 Å². The topological polar surface area (TPSA) is 49.3 Å². The first-order valence-electron chi connectivity index (χ1n) is 4.67. The summed E-state index contributed by atoms with van der Waals surface area (Å²) in [6.45, 7) is 1.70. The number of piperidine rings is 1. The van der Waals surface area contributed by atoms with Crippen LogP contribution in [0, 0.1) is 11.3 Å². The van der Waals surface area contributed by atoms with Gasteiger partial charge in [-0.05, 0) is 31.7 Å². The third kappa shape index (κ3) is 1.12. The van der Waals surface area contributed by atoms with Gasteiger partial charge in [0.25, 0.3) is 0 Å². The van der Waals surface area contributed by atoms with Crippen LogP contribution in [0.3, 0.4) is 0 Å². The summed E-state index contributed by atoms with van der Waals surface area (Å²) in [6, 6.07) is 0. The second-order valence-electron chi connectivity index (χ2n) is 4.18. The molecule has 0 amide bonds. The van der Waals surface area contributed by atoms with Gasteiger partial charge in [-0.15, -0.1) is 0 Å². The average Bonchev–Trinajstić information content (AvgIpc) is 2.04. The molecule has 0 aromatic heterocycles. The van der Waals surface area contributed by atoms with Crippen LogP contribution in [0.2, 0.25) is 0 Å². The van der Waals surface area contributed by atoms with Gasteiger partial charge >= 0.3 is 5.97 Å². The lowest BCUT2D eigenvalue weighted by atomic mass is 9.67. The van der Waals surface area contributed by atoms with Crippen LogP contribution >= 0.6 is 0 Å². The fourth-order valence-corrected chi connectivity index (χ4v) is 2.61. The highest BCUT2D eigenvalue weighted by Crippen LogP contribution is 2.41. The number of hydrogen-bond acceptors (Lipinski definition) is 2. The van der Waals surface area contributed by atoms with E-state index in [1.165, 1.54) is 6.42 Å². The maximum Gasteiger partial charge on any atom is 0.310 e. The summed E-state index contributed by atoms with van der Waals surface area (Å²) in [5.41, 5.74) is -0.416. The lowest BCUT2D eigenvalue weighted by molar-refractivity contribution is -0.153. The van der Waals surface area contributed by atoms with Crippen LogP contribution in [-0.2, 0) is 4.79 Å². The molecule has 2 fully saturated rings. The monoisotopic (exact) mass is 169 g/mol. The highest BCUT2D eigenvalue weighted by molar-refractivity contribution is 5.75. The first-order chi connectivity index (χ1) is 5.73. The van der Waals surface area contributed by atoms with Gasteiger partial charge in [0.1, 0.15) is 0 Å². The zero-order valence-electron chi connectivity index (χ0n) is 7.18. The van der Waals surface area contributed by atoms with Gasteiger partial charge in [-0.2, -0.15) is 0 Å². The molecule has 0 radical (unpaired) electrons. The zero-order valence-corrected chi connectivity index (χ0v) is 7.18. The molecule has 2 unspecified atom stereocenters. The number of rotatable bonds is 1. The van der Waals surface area contributed by atoms with Crippen LogP contribution in [-0.4, -0.2) is 24.2 Å². The van der Waals surface area contributed by atoms with E-state index in [2.05, 4.69) is 5.32 Å². The van der Waals surface area contributed by atoms with Crippen LogP contribution in [0.4, 0.5) is 0 Å². The normalized spacial score (nSPS) is 40.8. The van der Waals surface area contributed by atoms with Gasteiger partial charge in [0.2, 0.25) is 0 Å². The van der Waals surface area contributed by atoms with Crippen molar-refractivity contribution < 1.29 is 9.90 Å². The Morgan fingerprint density at radius 3 is 3.08 bits per heavy atom. The predicted octanol–water partition coefficient (Wildman–Crippen LogP) is 0.851. The van der Waals surface area contributed by atoms with Gasteiger partial charge < -0.3 is 10.4 Å². The smallest absolute Gasteiger partial charge is 0.310 e. The number of hydrogen-bond donors (Lipinski definition) is 2. The largest absolute Gasteiger partial charge is 0.481 e. The van der Waals surface area contributed by atoms with E-state index < -0.39 is 11.4 Å². The molecule has 1 aliphatic heterocycles. The van der Waals surface area contributed by atoms with Gasteiger partial charge in [0.15, 0.2) is 0 Å². The molecule has 0 aromatic carbocycles. The minimum absolute atomic E-state index is 0.416. The Morgan fingerprint density at radius 1 is 1.58 bits per heavy atom. The highest BCUT2D eigenvalue weighted by atomic mass is 16.4. The van der Waals surface area contributed by atoms with Crippen LogP contribution < -0.4 is 5.32 Å². The van der Waals surface area contributed by atoms with Gasteiger partial charge in [0.05, 0.1) is 5.41 Å². The third-order valence-corrected chi connectivity index (χ3v) is 3.30. The Labute approximate surface area is 72.2 Å². The molecule has 0 aromatic rings. The Morgan fingerprint density at radius 2 is 2.42 bits per heavy atom. The molecule has 12 heavy (non-hydrogen) atoms. The molecule has 3 nitrogen and oxygen atoms in total. The number of nitrogens with one attached hydrogen (secondary N) is 1. The summed E-state index contributed by atoms with van der Waals surface area (Å²) < 4.78 is 0. The summed E-state index contributed by atoms with van der Waals surface area (Å²) >= 11 is 0. The molecule has 2 bridgehead atoms. The number of carbonyl (C=O) groups is 1. The number of aliphatic carboxylic acids is 1. The van der Waals surface area contributed by atoms with Gasteiger partial charge in [0, 0.05) is 6.54 Å². The van der Waals surface area contributed by atoms with Crippen molar-refractivity contribution >= 4 is 5.97 Å². The van der Waals surface area contributed by atoms with E-state index in [0.717, 1.165) is 25.8 Å². The Balaban J connectivity index is 2.17. The molecule has 2 rings (SSSR count). The van der Waals surface area contributed by atoms with Crippen LogP contribution in [0.5, 0.6) is 0 Å². The number of carboxylic acid groups (broad SMARTS) is 1. The molecule has 2 atom stereocenters. The van der Waals surface area contributed by atoms with Crippen LogP contribution in [0.15, 0.2) is 0 Å². The molecule has 1 saturated heterocycles. The Hall–Kier alpha value is -0.570. The van der Waals surface area contributed by atoms with E-state index in [9.17, 15) is 4.79 Å². The van der Waals surface area contributed by atoms with Crippen molar-refractivity contribution in [1.29, 1.82) is 0 Å². The first kappa shape index (κ1) is 8.05. The Kier molecular flexibility index (Phi) is 1.83. The molecule has 1 heterocycles. The molecule has 2 aliphatic rings. The first-order valence-corrected chi connectivity index (χ1v) is 4.67. The zero-order chi connectivity index (χ0) is 8.60. The minimum atomic E-state index is -0.598. The van der Waals surface area contributed by atoms with E-state index in [4.69, 9.17) is 5.11 Å². The molecular weight excluding hydrogens is 154 g/mol. The highest BCUT2D eigenvalue weighted by Gasteiger charge is 2.44. The number of carboxylic acids is 1. The standard InChI is InChI=1S/C9H15NO2/c11-8(12)9-3-1-2-7(4-9)5-10-6-9/h7,10H,1-6H2,(H,11,12). The summed E-state index contributed by atoms with van der Waals surface area (Å²) in [6.07, 6.45) is 4.07. The summed E-state index contributed by atoms with van der Waals surface area (Å²) in [5, 5.41) is 12.3. The quantitative estimate of drug-likeness (QED) is 0.612. The average molecular weight is 169 g/mol. The lowest BCUT2D eigenvalue weighted by Gasteiger charge is -2.42. The molecule has 1 aliphatic carbocycles. The maximum atomic E-state index is 11.0. The molecule has 0 spiro atoms. The molecule has 68 valence electrons. The molecule has 2 N–H and O–H groups in total. The van der Waals surface area contributed by atoms with Gasteiger partial charge in [-0.25, -0.2) is 0 Å². The number of fused-ring (bicyclic) bond motifs is 2. The predicted molar refractivity (Wildman–Crippen MR) is 44.9 cm³/mol. The van der Waals surface area contributed by atoms with Crippen molar-refractivity contribution in [2.24, 2.45) is 11.3 Å².